The normalized spacial score (nSPS) is 10.7. The van der Waals surface area contributed by atoms with Gasteiger partial charge in [0.05, 0.1) is 6.20 Å². The first-order chi connectivity index (χ1) is 8.75. The number of rotatable bonds is 4. The Kier molecular flexibility index (Phi) is 3.86. The van der Waals surface area contributed by atoms with Crippen LogP contribution in [0.15, 0.2) is 42.6 Å². The molecule has 0 aliphatic heterocycles. The molecule has 2 N–H and O–H groups in total. The van der Waals surface area contributed by atoms with Crippen molar-refractivity contribution in [3.8, 4) is 5.88 Å². The number of aromatic nitrogens is 2. The molecular weight excluding hydrogens is 233 g/mol. The van der Waals surface area contributed by atoms with E-state index in [0.29, 0.717) is 0 Å². The number of nitrogens with zero attached hydrogens (tertiary/aromatic N) is 2. The third-order valence-corrected chi connectivity index (χ3v) is 2.16. The monoisotopic (exact) mass is 245 g/mol. The summed E-state index contributed by atoms with van der Waals surface area (Å²) in [7, 11) is 0. The molecule has 0 atom stereocenters. The van der Waals surface area contributed by atoms with Crippen molar-refractivity contribution in [2.75, 3.05) is 12.3 Å². The van der Waals surface area contributed by atoms with E-state index in [1.807, 2.05) is 36.4 Å². The van der Waals surface area contributed by atoms with Gasteiger partial charge < -0.3 is 10.5 Å². The molecule has 1 aromatic heterocycles. The summed E-state index contributed by atoms with van der Waals surface area (Å²) in [5, 5.41) is 0. The molecule has 2 rings (SSSR count). The molecule has 1 aromatic carbocycles. The van der Waals surface area contributed by atoms with Crippen molar-refractivity contribution < 1.29 is 9.13 Å². The van der Waals surface area contributed by atoms with E-state index in [4.69, 9.17) is 10.5 Å². The standard InChI is InChI=1S/C13H12FN3O/c14-11-9-16-13(15)17-12(11)18-8-4-7-10-5-2-1-3-6-10/h1-7,9H,8H2,(H2,15,16,17)/b7-4+. The number of nitrogen functional groups attached to an aromatic ring is 1. The molecule has 18 heavy (non-hydrogen) atoms. The van der Waals surface area contributed by atoms with E-state index < -0.39 is 5.82 Å². The van der Waals surface area contributed by atoms with Gasteiger partial charge in [0.1, 0.15) is 6.61 Å². The molecule has 0 bridgehead atoms. The van der Waals surface area contributed by atoms with Crippen LogP contribution >= 0.6 is 0 Å². The molecule has 0 aliphatic carbocycles. The minimum atomic E-state index is -0.627. The second-order valence-electron chi connectivity index (χ2n) is 3.51. The quantitative estimate of drug-likeness (QED) is 0.897. The summed E-state index contributed by atoms with van der Waals surface area (Å²) < 4.78 is 18.3. The highest BCUT2D eigenvalue weighted by molar-refractivity contribution is 5.48. The van der Waals surface area contributed by atoms with Crippen molar-refractivity contribution in [3.05, 3.63) is 54.0 Å². The fourth-order valence-electron chi connectivity index (χ4n) is 1.34. The van der Waals surface area contributed by atoms with Gasteiger partial charge in [-0.3, -0.25) is 0 Å². The summed E-state index contributed by atoms with van der Waals surface area (Å²) in [6, 6.07) is 9.73. The molecule has 2 aromatic rings. The summed E-state index contributed by atoms with van der Waals surface area (Å²) in [6.45, 7) is 0.211. The van der Waals surface area contributed by atoms with E-state index in [1.165, 1.54) is 0 Å². The number of hydrogen-bond acceptors (Lipinski definition) is 4. The molecule has 0 spiro atoms. The van der Waals surface area contributed by atoms with Crippen LogP contribution in [-0.2, 0) is 0 Å². The molecule has 0 saturated heterocycles. The molecule has 5 heteroatoms. The fourth-order valence-corrected chi connectivity index (χ4v) is 1.34. The molecule has 0 saturated carbocycles. The van der Waals surface area contributed by atoms with Crippen LogP contribution in [0, 0.1) is 5.82 Å². The molecule has 0 fully saturated rings. The molecule has 4 nitrogen and oxygen atoms in total. The maximum absolute atomic E-state index is 13.2. The number of benzene rings is 1. The van der Waals surface area contributed by atoms with E-state index in [-0.39, 0.29) is 18.4 Å². The Balaban J connectivity index is 1.92. The van der Waals surface area contributed by atoms with Crippen molar-refractivity contribution in [3.63, 3.8) is 0 Å². The number of nitrogens with two attached hydrogens (primary N) is 1. The molecule has 0 radical (unpaired) electrons. The lowest BCUT2D eigenvalue weighted by molar-refractivity contribution is 0.326. The van der Waals surface area contributed by atoms with Crippen molar-refractivity contribution in [1.82, 2.24) is 9.97 Å². The highest BCUT2D eigenvalue weighted by Gasteiger charge is 2.05. The molecule has 0 aliphatic rings. The van der Waals surface area contributed by atoms with Crippen LogP contribution in [0.25, 0.3) is 6.08 Å². The highest BCUT2D eigenvalue weighted by Crippen LogP contribution is 2.12. The van der Waals surface area contributed by atoms with Gasteiger partial charge in [0.25, 0.3) is 5.88 Å². The summed E-state index contributed by atoms with van der Waals surface area (Å²) in [4.78, 5) is 7.16. The Morgan fingerprint density at radius 3 is 2.83 bits per heavy atom. The Bertz CT molecular complexity index is 543. The van der Waals surface area contributed by atoms with Crippen LogP contribution in [0.1, 0.15) is 5.56 Å². The third-order valence-electron chi connectivity index (χ3n) is 2.16. The van der Waals surface area contributed by atoms with Gasteiger partial charge in [0, 0.05) is 0 Å². The number of anilines is 1. The smallest absolute Gasteiger partial charge is 0.255 e. The summed E-state index contributed by atoms with van der Waals surface area (Å²) in [5.41, 5.74) is 6.38. The Hall–Kier alpha value is -2.43. The maximum atomic E-state index is 13.2. The maximum Gasteiger partial charge on any atom is 0.255 e. The largest absolute Gasteiger partial charge is 0.471 e. The lowest BCUT2D eigenvalue weighted by Crippen LogP contribution is -2.02. The van der Waals surface area contributed by atoms with Crippen molar-refractivity contribution in [1.29, 1.82) is 0 Å². The number of ether oxygens (including phenoxy) is 1. The first-order valence-corrected chi connectivity index (χ1v) is 5.38. The minimum Gasteiger partial charge on any atom is -0.471 e. The minimum absolute atomic E-state index is 0.0153. The van der Waals surface area contributed by atoms with Crippen LogP contribution < -0.4 is 10.5 Å². The molecule has 1 heterocycles. The predicted molar refractivity (Wildman–Crippen MR) is 67.4 cm³/mol. The van der Waals surface area contributed by atoms with E-state index >= 15 is 0 Å². The van der Waals surface area contributed by atoms with Crippen LogP contribution in [0.3, 0.4) is 0 Å². The summed E-state index contributed by atoms with van der Waals surface area (Å²) >= 11 is 0. The number of hydrogen-bond donors (Lipinski definition) is 1. The van der Waals surface area contributed by atoms with Crippen LogP contribution in [0.2, 0.25) is 0 Å². The van der Waals surface area contributed by atoms with Crippen LogP contribution in [-0.4, -0.2) is 16.6 Å². The molecular formula is C13H12FN3O. The van der Waals surface area contributed by atoms with E-state index in [0.717, 1.165) is 11.8 Å². The second kappa shape index (κ2) is 5.77. The van der Waals surface area contributed by atoms with Gasteiger partial charge in [-0.05, 0) is 11.6 Å². The van der Waals surface area contributed by atoms with Gasteiger partial charge in [-0.1, -0.05) is 36.4 Å². The van der Waals surface area contributed by atoms with E-state index in [9.17, 15) is 4.39 Å². The third kappa shape index (κ3) is 3.28. The Labute approximate surface area is 104 Å². The second-order valence-corrected chi connectivity index (χ2v) is 3.51. The van der Waals surface area contributed by atoms with Crippen LogP contribution in [0.5, 0.6) is 5.88 Å². The molecule has 0 unspecified atom stereocenters. The zero-order valence-corrected chi connectivity index (χ0v) is 9.58. The average molecular weight is 245 g/mol. The van der Waals surface area contributed by atoms with Gasteiger partial charge in [0.15, 0.2) is 0 Å². The zero-order valence-electron chi connectivity index (χ0n) is 9.58. The SMILES string of the molecule is Nc1ncc(F)c(OC/C=C/c2ccccc2)n1. The van der Waals surface area contributed by atoms with Crippen molar-refractivity contribution in [2.45, 2.75) is 0 Å². The van der Waals surface area contributed by atoms with E-state index in [1.54, 1.807) is 6.08 Å². The Morgan fingerprint density at radius 1 is 1.28 bits per heavy atom. The lowest BCUT2D eigenvalue weighted by Gasteiger charge is -2.03. The van der Waals surface area contributed by atoms with Crippen LogP contribution in [0.4, 0.5) is 10.3 Å². The fraction of sp³-hybridized carbons (Fsp3) is 0.0769. The van der Waals surface area contributed by atoms with Crippen molar-refractivity contribution in [2.24, 2.45) is 0 Å². The lowest BCUT2D eigenvalue weighted by atomic mass is 10.2. The van der Waals surface area contributed by atoms with Gasteiger partial charge in [-0.2, -0.15) is 9.37 Å². The predicted octanol–water partition coefficient (Wildman–Crippen LogP) is 2.29. The summed E-state index contributed by atoms with van der Waals surface area (Å²) in [6.07, 6.45) is 4.63. The first kappa shape index (κ1) is 12.0. The van der Waals surface area contributed by atoms with Gasteiger partial charge in [0.2, 0.25) is 11.8 Å². The van der Waals surface area contributed by atoms with Crippen molar-refractivity contribution >= 4 is 12.0 Å². The van der Waals surface area contributed by atoms with Gasteiger partial charge >= 0.3 is 0 Å². The first-order valence-electron chi connectivity index (χ1n) is 5.38. The van der Waals surface area contributed by atoms with Gasteiger partial charge in [-0.25, -0.2) is 4.98 Å². The highest BCUT2D eigenvalue weighted by atomic mass is 19.1. The van der Waals surface area contributed by atoms with Gasteiger partial charge in [-0.15, -0.1) is 0 Å². The average Bonchev–Trinajstić information content (AvgIpc) is 2.40. The zero-order chi connectivity index (χ0) is 12.8. The Morgan fingerprint density at radius 2 is 2.06 bits per heavy atom. The van der Waals surface area contributed by atoms with E-state index in [2.05, 4.69) is 9.97 Å². The topological polar surface area (TPSA) is 61.0 Å². The molecule has 92 valence electrons. The summed E-state index contributed by atoms with van der Waals surface area (Å²) in [5.74, 6) is -0.782. The number of halogens is 1. The molecule has 0 amide bonds.